The summed E-state index contributed by atoms with van der Waals surface area (Å²) in [6.07, 6.45) is 1.98. The largest absolute Gasteiger partial charge is 0.361 e. The Morgan fingerprint density at radius 3 is 2.89 bits per heavy atom. The number of benzene rings is 2. The Labute approximate surface area is 111 Å². The van der Waals surface area contributed by atoms with Crippen molar-refractivity contribution in [3.05, 3.63) is 60.8 Å². The van der Waals surface area contributed by atoms with Crippen molar-refractivity contribution in [1.29, 1.82) is 0 Å². The summed E-state index contributed by atoms with van der Waals surface area (Å²) in [5, 5.41) is 2.50. The molecule has 0 aliphatic rings. The van der Waals surface area contributed by atoms with Gasteiger partial charge in [0.15, 0.2) is 0 Å². The highest BCUT2D eigenvalue weighted by Crippen LogP contribution is 2.28. The van der Waals surface area contributed by atoms with E-state index >= 15 is 0 Å². The normalized spacial score (nSPS) is 11.4. The predicted octanol–water partition coefficient (Wildman–Crippen LogP) is 4.13. The summed E-state index contributed by atoms with van der Waals surface area (Å²) >= 11 is 0. The van der Waals surface area contributed by atoms with Crippen LogP contribution in [0.4, 0.5) is 0 Å². The van der Waals surface area contributed by atoms with Crippen LogP contribution in [0.15, 0.2) is 54.7 Å². The second-order valence-corrected chi connectivity index (χ2v) is 4.85. The molecule has 2 aromatic carbocycles. The van der Waals surface area contributed by atoms with Gasteiger partial charge in [-0.05, 0) is 35.7 Å². The quantitative estimate of drug-likeness (QED) is 0.520. The lowest BCUT2D eigenvalue weighted by atomic mass is 10.1. The van der Waals surface area contributed by atoms with Gasteiger partial charge in [0.1, 0.15) is 0 Å². The van der Waals surface area contributed by atoms with Crippen LogP contribution < -0.4 is 0 Å². The van der Waals surface area contributed by atoms with Crippen LogP contribution in [0.2, 0.25) is 0 Å². The Kier molecular flexibility index (Phi) is 2.06. The zero-order valence-corrected chi connectivity index (χ0v) is 10.6. The van der Waals surface area contributed by atoms with Gasteiger partial charge in [-0.25, -0.2) is 0 Å². The molecule has 19 heavy (non-hydrogen) atoms. The van der Waals surface area contributed by atoms with Crippen LogP contribution in [0.1, 0.15) is 0 Å². The Morgan fingerprint density at radius 2 is 2.00 bits per heavy atom. The molecule has 0 atom stereocenters. The van der Waals surface area contributed by atoms with Gasteiger partial charge in [-0.3, -0.25) is 0 Å². The molecular weight excluding hydrogens is 232 g/mol. The van der Waals surface area contributed by atoms with Gasteiger partial charge < -0.3 is 9.55 Å². The van der Waals surface area contributed by atoms with E-state index in [0.29, 0.717) is 0 Å². The third-order valence-electron chi connectivity index (χ3n) is 3.74. The molecule has 0 amide bonds. The summed E-state index contributed by atoms with van der Waals surface area (Å²) in [6.45, 7) is 0. The number of hydrogen-bond acceptors (Lipinski definition) is 0. The zero-order valence-electron chi connectivity index (χ0n) is 10.6. The average Bonchev–Trinajstić information content (AvgIpc) is 3.03. The average molecular weight is 245 g/mol. The van der Waals surface area contributed by atoms with E-state index in [-0.39, 0.29) is 0 Å². The van der Waals surface area contributed by atoms with Crippen LogP contribution in [-0.4, -0.2) is 9.55 Å². The number of nitrogens with zero attached hydrogens (tertiary/aromatic N) is 1. The van der Waals surface area contributed by atoms with Crippen molar-refractivity contribution in [2.24, 2.45) is 7.05 Å². The minimum absolute atomic E-state index is 1.18. The summed E-state index contributed by atoms with van der Waals surface area (Å²) in [5.41, 5.74) is 4.85. The number of fused-ring (bicyclic) bond motifs is 2. The highest BCUT2D eigenvalue weighted by atomic mass is 14.9. The standard InChI is InChI=1S/C17H13N2/c1-19-16-5-3-2-4-13(16)11-17(19)14-7-6-12-8-9-18-15(12)10-14/h2,4-11,18H,1H3. The molecule has 0 saturated heterocycles. The van der Waals surface area contributed by atoms with E-state index in [1.807, 2.05) is 18.3 Å². The second kappa shape index (κ2) is 3.75. The van der Waals surface area contributed by atoms with E-state index in [9.17, 15) is 0 Å². The first-order chi connectivity index (χ1) is 9.33. The highest BCUT2D eigenvalue weighted by Gasteiger charge is 2.08. The smallest absolute Gasteiger partial charge is 0.0489 e. The SMILES string of the molecule is Cn1c(-c2ccc3cc[nH]c3c2)cc2cc[c]cc21. The van der Waals surface area contributed by atoms with E-state index in [4.69, 9.17) is 0 Å². The van der Waals surface area contributed by atoms with Gasteiger partial charge in [-0.1, -0.05) is 24.3 Å². The summed E-state index contributed by atoms with van der Waals surface area (Å²) in [7, 11) is 2.10. The van der Waals surface area contributed by atoms with Crippen molar-refractivity contribution in [3.8, 4) is 11.3 Å². The molecule has 2 heterocycles. The lowest BCUT2D eigenvalue weighted by Crippen LogP contribution is -1.90. The lowest BCUT2D eigenvalue weighted by Gasteiger charge is -2.04. The molecule has 4 aromatic rings. The fraction of sp³-hybridized carbons (Fsp3) is 0.0588. The number of aromatic amines is 1. The highest BCUT2D eigenvalue weighted by molar-refractivity contribution is 5.90. The van der Waals surface area contributed by atoms with Crippen molar-refractivity contribution in [3.63, 3.8) is 0 Å². The van der Waals surface area contributed by atoms with Crippen LogP contribution in [0.25, 0.3) is 33.1 Å². The zero-order chi connectivity index (χ0) is 12.8. The van der Waals surface area contributed by atoms with Crippen LogP contribution in [0.5, 0.6) is 0 Å². The number of aromatic nitrogens is 2. The van der Waals surface area contributed by atoms with Crippen LogP contribution >= 0.6 is 0 Å². The molecule has 2 nitrogen and oxygen atoms in total. The monoisotopic (exact) mass is 245 g/mol. The summed E-state index contributed by atoms with van der Waals surface area (Å²) in [6, 6.07) is 20.1. The van der Waals surface area contributed by atoms with Gasteiger partial charge in [-0.2, -0.15) is 0 Å². The minimum Gasteiger partial charge on any atom is -0.361 e. The number of rotatable bonds is 1. The number of hydrogen-bond donors (Lipinski definition) is 1. The Morgan fingerprint density at radius 1 is 1.05 bits per heavy atom. The molecular formula is C17H13N2. The molecule has 2 heteroatoms. The molecule has 0 saturated carbocycles. The third kappa shape index (κ3) is 1.50. The molecule has 0 spiro atoms. The fourth-order valence-electron chi connectivity index (χ4n) is 2.70. The fourth-order valence-corrected chi connectivity index (χ4v) is 2.70. The molecule has 0 aliphatic carbocycles. The van der Waals surface area contributed by atoms with Crippen molar-refractivity contribution in [2.75, 3.05) is 0 Å². The van der Waals surface area contributed by atoms with E-state index < -0.39 is 0 Å². The molecule has 0 fully saturated rings. The summed E-state index contributed by atoms with van der Waals surface area (Å²) < 4.78 is 2.22. The van der Waals surface area contributed by atoms with E-state index in [1.54, 1.807) is 0 Å². The van der Waals surface area contributed by atoms with Crippen LogP contribution in [0.3, 0.4) is 0 Å². The molecule has 4 rings (SSSR count). The molecule has 0 aliphatic heterocycles. The maximum absolute atomic E-state index is 3.27. The molecule has 2 aromatic heterocycles. The number of H-pyrrole nitrogens is 1. The van der Waals surface area contributed by atoms with Crippen molar-refractivity contribution >= 4 is 21.8 Å². The molecule has 1 N–H and O–H groups in total. The Hall–Kier alpha value is -2.48. The number of nitrogens with one attached hydrogen (secondary N) is 1. The first-order valence-electron chi connectivity index (χ1n) is 6.36. The van der Waals surface area contributed by atoms with Crippen molar-refractivity contribution in [1.82, 2.24) is 9.55 Å². The molecule has 0 bridgehead atoms. The maximum atomic E-state index is 3.27. The second-order valence-electron chi connectivity index (χ2n) is 4.85. The third-order valence-corrected chi connectivity index (χ3v) is 3.74. The first kappa shape index (κ1) is 10.4. The lowest BCUT2D eigenvalue weighted by molar-refractivity contribution is 0.978. The van der Waals surface area contributed by atoms with Gasteiger partial charge in [-0.15, -0.1) is 0 Å². The van der Waals surface area contributed by atoms with Crippen LogP contribution in [-0.2, 0) is 7.05 Å². The molecule has 91 valence electrons. The molecule has 1 radical (unpaired) electrons. The van der Waals surface area contributed by atoms with Gasteiger partial charge >= 0.3 is 0 Å². The first-order valence-corrected chi connectivity index (χ1v) is 6.36. The maximum Gasteiger partial charge on any atom is 0.0489 e. The Balaban J connectivity index is 2.00. The van der Waals surface area contributed by atoms with Gasteiger partial charge in [0, 0.05) is 40.9 Å². The van der Waals surface area contributed by atoms with E-state index in [2.05, 4.69) is 59.1 Å². The topological polar surface area (TPSA) is 20.7 Å². The minimum atomic E-state index is 1.18. The summed E-state index contributed by atoms with van der Waals surface area (Å²) in [4.78, 5) is 3.27. The van der Waals surface area contributed by atoms with Crippen LogP contribution in [0, 0.1) is 6.07 Å². The predicted molar refractivity (Wildman–Crippen MR) is 79.0 cm³/mol. The van der Waals surface area contributed by atoms with Gasteiger partial charge in [0.05, 0.1) is 0 Å². The van der Waals surface area contributed by atoms with Crippen molar-refractivity contribution in [2.45, 2.75) is 0 Å². The van der Waals surface area contributed by atoms with Crippen molar-refractivity contribution < 1.29 is 0 Å². The van der Waals surface area contributed by atoms with E-state index in [1.165, 1.54) is 33.1 Å². The summed E-state index contributed by atoms with van der Waals surface area (Å²) in [5.74, 6) is 0. The Bertz CT molecular complexity index is 880. The van der Waals surface area contributed by atoms with Gasteiger partial charge in [0.2, 0.25) is 0 Å². The molecule has 0 unspecified atom stereocenters. The van der Waals surface area contributed by atoms with E-state index in [0.717, 1.165) is 0 Å². The van der Waals surface area contributed by atoms with Gasteiger partial charge in [0.25, 0.3) is 0 Å². The number of aryl methyl sites for hydroxylation is 1.